The summed E-state index contributed by atoms with van der Waals surface area (Å²) < 4.78 is 46.8. The normalized spacial score (nSPS) is 16.1. The Morgan fingerprint density at radius 3 is 2.50 bits per heavy atom. The van der Waals surface area contributed by atoms with Gasteiger partial charge < -0.3 is 19.9 Å². The van der Waals surface area contributed by atoms with Crippen molar-refractivity contribution in [3.63, 3.8) is 0 Å². The summed E-state index contributed by atoms with van der Waals surface area (Å²) in [5.41, 5.74) is -0.788. The van der Waals surface area contributed by atoms with Gasteiger partial charge in [-0.1, -0.05) is 43.0 Å². The predicted octanol–water partition coefficient (Wildman–Crippen LogP) is 4.23. The van der Waals surface area contributed by atoms with Crippen LogP contribution in [0, 0.1) is 0 Å². The third-order valence-corrected chi connectivity index (χ3v) is 5.22. The van der Waals surface area contributed by atoms with E-state index in [1.165, 1.54) is 25.1 Å². The van der Waals surface area contributed by atoms with Gasteiger partial charge in [0, 0.05) is 19.8 Å². The predicted molar refractivity (Wildman–Crippen MR) is 108 cm³/mol. The van der Waals surface area contributed by atoms with Crippen molar-refractivity contribution in [3.8, 4) is 5.75 Å². The minimum atomic E-state index is -4.87. The van der Waals surface area contributed by atoms with E-state index in [-0.39, 0.29) is 30.3 Å². The van der Waals surface area contributed by atoms with Crippen LogP contribution >= 0.6 is 0 Å². The maximum Gasteiger partial charge on any atom is 0.573 e. The van der Waals surface area contributed by atoms with Gasteiger partial charge in [0.25, 0.3) is 0 Å². The quantitative estimate of drug-likeness (QED) is 0.607. The maximum atomic E-state index is 12.5. The molecule has 174 valence electrons. The number of amides is 2. The minimum absolute atomic E-state index is 0.0882. The average molecular weight is 454 g/mol. The summed E-state index contributed by atoms with van der Waals surface area (Å²) in [7, 11) is 0. The van der Waals surface area contributed by atoms with Crippen molar-refractivity contribution in [3.05, 3.63) is 36.0 Å². The lowest BCUT2D eigenvalue weighted by molar-refractivity contribution is -0.274. The molecule has 0 aliphatic heterocycles. The number of aryl methyl sites for hydroxylation is 1. The highest BCUT2D eigenvalue weighted by molar-refractivity contribution is 5.92. The number of hydrogen-bond donors (Lipinski definition) is 2. The zero-order valence-electron chi connectivity index (χ0n) is 17.6. The number of aromatic nitrogens is 2. The Kier molecular flexibility index (Phi) is 7.37. The topological polar surface area (TPSA) is 106 Å². The molecule has 11 heteroatoms. The van der Waals surface area contributed by atoms with E-state index in [1.807, 2.05) is 0 Å². The van der Waals surface area contributed by atoms with Gasteiger partial charge in [-0.15, -0.1) is 13.2 Å². The zero-order chi connectivity index (χ0) is 23.2. The first kappa shape index (κ1) is 23.6. The van der Waals surface area contributed by atoms with Crippen LogP contribution in [0.25, 0.3) is 0 Å². The fraction of sp³-hybridized carbons (Fsp3) is 0.524. The highest BCUT2D eigenvalue weighted by atomic mass is 19.4. The molecule has 2 aromatic rings. The molecule has 1 fully saturated rings. The number of halogens is 3. The Morgan fingerprint density at radius 2 is 1.84 bits per heavy atom. The molecule has 0 radical (unpaired) electrons. The van der Waals surface area contributed by atoms with Crippen molar-refractivity contribution < 1.29 is 32.0 Å². The van der Waals surface area contributed by atoms with E-state index < -0.39 is 23.6 Å². The lowest BCUT2D eigenvalue weighted by atomic mass is 9.89. The molecule has 1 aliphatic carbocycles. The first-order valence-electron chi connectivity index (χ1n) is 10.4. The van der Waals surface area contributed by atoms with Crippen LogP contribution < -0.4 is 15.4 Å². The monoisotopic (exact) mass is 454 g/mol. The summed E-state index contributed by atoms with van der Waals surface area (Å²) in [6, 6.07) is 5.28. The van der Waals surface area contributed by atoms with Crippen LogP contribution in [-0.2, 0) is 21.5 Å². The largest absolute Gasteiger partial charge is 0.573 e. The Morgan fingerprint density at radius 1 is 1.16 bits per heavy atom. The number of anilines is 1. The molecule has 1 aromatic heterocycles. The molecule has 0 bridgehead atoms. The van der Waals surface area contributed by atoms with Gasteiger partial charge in [0.15, 0.2) is 11.6 Å². The van der Waals surface area contributed by atoms with E-state index in [2.05, 4.69) is 25.5 Å². The summed E-state index contributed by atoms with van der Waals surface area (Å²) >= 11 is 0. The molecule has 32 heavy (non-hydrogen) atoms. The van der Waals surface area contributed by atoms with Crippen molar-refractivity contribution in [2.45, 2.75) is 70.2 Å². The number of alkyl halides is 3. The molecule has 3 rings (SSSR count). The molecule has 0 spiro atoms. The van der Waals surface area contributed by atoms with Crippen LogP contribution in [0.5, 0.6) is 5.75 Å². The van der Waals surface area contributed by atoms with Crippen LogP contribution in [-0.4, -0.2) is 28.3 Å². The number of benzene rings is 1. The number of hydrogen-bond acceptors (Lipinski definition) is 6. The lowest BCUT2D eigenvalue weighted by Crippen LogP contribution is -2.45. The fourth-order valence-electron chi connectivity index (χ4n) is 3.84. The molecular weight excluding hydrogens is 429 g/mol. The molecule has 1 aliphatic rings. The summed E-state index contributed by atoms with van der Waals surface area (Å²) in [4.78, 5) is 28.5. The van der Waals surface area contributed by atoms with Crippen molar-refractivity contribution in [2.24, 2.45) is 0 Å². The Balaban J connectivity index is 1.64. The fourth-order valence-corrected chi connectivity index (χ4v) is 3.84. The second-order valence-electron chi connectivity index (χ2n) is 7.78. The molecule has 0 unspecified atom stereocenters. The Hall–Kier alpha value is -3.11. The van der Waals surface area contributed by atoms with Crippen LogP contribution in [0.15, 0.2) is 28.8 Å². The summed E-state index contributed by atoms with van der Waals surface area (Å²) in [6.45, 7) is 1.44. The second kappa shape index (κ2) is 10.0. The Bertz CT molecular complexity index is 937. The summed E-state index contributed by atoms with van der Waals surface area (Å²) in [5.74, 6) is -0.622. The van der Waals surface area contributed by atoms with Crippen LogP contribution in [0.2, 0.25) is 0 Å². The Labute approximate surface area is 182 Å². The molecule has 8 nitrogen and oxygen atoms in total. The molecule has 1 saturated carbocycles. The van der Waals surface area contributed by atoms with Gasteiger partial charge in [-0.25, -0.2) is 0 Å². The van der Waals surface area contributed by atoms with E-state index in [1.54, 1.807) is 0 Å². The number of rotatable bonds is 7. The van der Waals surface area contributed by atoms with E-state index in [0.717, 1.165) is 31.7 Å². The van der Waals surface area contributed by atoms with Gasteiger partial charge in [0.05, 0.1) is 5.69 Å². The van der Waals surface area contributed by atoms with Crippen molar-refractivity contribution >= 4 is 17.5 Å². The molecule has 0 atom stereocenters. The van der Waals surface area contributed by atoms with Gasteiger partial charge in [-0.2, -0.15) is 4.98 Å². The molecular formula is C21H25F3N4O4. The third-order valence-electron chi connectivity index (χ3n) is 5.22. The highest BCUT2D eigenvalue weighted by Gasteiger charge is 2.38. The van der Waals surface area contributed by atoms with Gasteiger partial charge >= 0.3 is 6.36 Å². The molecule has 1 heterocycles. The highest BCUT2D eigenvalue weighted by Crippen LogP contribution is 2.35. The van der Waals surface area contributed by atoms with E-state index in [4.69, 9.17) is 4.52 Å². The first-order valence-corrected chi connectivity index (χ1v) is 10.4. The van der Waals surface area contributed by atoms with Gasteiger partial charge in [-0.3, -0.25) is 9.59 Å². The SMILES string of the molecule is CC(=O)NC1(c2noc(CCC(=O)Nc3ccccc3OC(F)(F)F)n2)CCCCCC1. The number of para-hydroxylation sites is 2. The smallest absolute Gasteiger partial charge is 0.404 e. The van der Waals surface area contributed by atoms with Crippen LogP contribution in [0.1, 0.15) is 63.6 Å². The first-order chi connectivity index (χ1) is 15.2. The van der Waals surface area contributed by atoms with Crippen LogP contribution in [0.3, 0.4) is 0 Å². The molecule has 0 saturated heterocycles. The zero-order valence-corrected chi connectivity index (χ0v) is 17.6. The van der Waals surface area contributed by atoms with E-state index in [9.17, 15) is 22.8 Å². The molecule has 2 N–H and O–H groups in total. The number of ether oxygens (including phenoxy) is 1. The maximum absolute atomic E-state index is 12.5. The number of nitrogens with zero attached hydrogens (tertiary/aromatic N) is 2. The minimum Gasteiger partial charge on any atom is -0.404 e. The van der Waals surface area contributed by atoms with Crippen LogP contribution in [0.4, 0.5) is 18.9 Å². The van der Waals surface area contributed by atoms with Gasteiger partial charge in [0.2, 0.25) is 17.7 Å². The lowest BCUT2D eigenvalue weighted by Gasteiger charge is -2.30. The average Bonchev–Trinajstić information content (AvgIpc) is 3.07. The van der Waals surface area contributed by atoms with Gasteiger partial charge in [0.1, 0.15) is 5.54 Å². The second-order valence-corrected chi connectivity index (χ2v) is 7.78. The number of carbonyl (C=O) groups excluding carboxylic acids is 2. The summed E-state index contributed by atoms with van der Waals surface area (Å²) in [5, 5.41) is 9.43. The molecule has 1 aromatic carbocycles. The van der Waals surface area contributed by atoms with Crippen molar-refractivity contribution in [1.82, 2.24) is 15.5 Å². The number of carbonyl (C=O) groups is 2. The standard InChI is InChI=1S/C21H25F3N4O4/c1-14(29)27-20(12-6-2-3-7-13-20)19-26-18(32-28-19)11-10-17(30)25-15-8-4-5-9-16(15)31-21(22,23)24/h4-5,8-9H,2-3,6-7,10-13H2,1H3,(H,25,30)(H,27,29). The number of nitrogens with one attached hydrogen (secondary N) is 2. The van der Waals surface area contributed by atoms with Gasteiger partial charge in [-0.05, 0) is 25.0 Å². The van der Waals surface area contributed by atoms with E-state index in [0.29, 0.717) is 18.7 Å². The third kappa shape index (κ3) is 6.44. The van der Waals surface area contributed by atoms with E-state index >= 15 is 0 Å². The summed E-state index contributed by atoms with van der Waals surface area (Å²) in [6.07, 6.45) is 0.495. The molecule has 2 amide bonds. The van der Waals surface area contributed by atoms with Crippen molar-refractivity contribution in [2.75, 3.05) is 5.32 Å². The van der Waals surface area contributed by atoms with Crippen molar-refractivity contribution in [1.29, 1.82) is 0 Å².